The first-order chi connectivity index (χ1) is 11.8. The van der Waals surface area contributed by atoms with E-state index in [4.69, 9.17) is 0 Å². The fourth-order valence-electron chi connectivity index (χ4n) is 3.04. The third kappa shape index (κ3) is 4.58. The average Bonchev–Trinajstić information content (AvgIpc) is 2.91. The smallest absolute Gasteiger partial charge is 0.347 e. The second-order valence-corrected chi connectivity index (χ2v) is 6.17. The van der Waals surface area contributed by atoms with E-state index >= 15 is 0 Å². The SMILES string of the molecule is O=C(Cc1ccc(F)cc1)N[C@H]1CCCc2cn(CC(F)(F)F)nc21. The van der Waals surface area contributed by atoms with Crippen LogP contribution in [-0.4, -0.2) is 21.9 Å². The zero-order chi connectivity index (χ0) is 18.0. The molecule has 0 saturated heterocycles. The van der Waals surface area contributed by atoms with Crippen LogP contribution in [0.5, 0.6) is 0 Å². The highest BCUT2D eigenvalue weighted by atomic mass is 19.4. The molecule has 1 N–H and O–H groups in total. The standard InChI is InChI=1S/C17H17F4N3O/c18-13-6-4-11(5-7-13)8-15(25)22-14-3-1-2-12-9-24(23-16(12)14)10-17(19,20)21/h4-7,9,14H,1-3,8,10H2,(H,22,25)/t14-/m0/s1. The van der Waals surface area contributed by atoms with Crippen molar-refractivity contribution < 1.29 is 22.4 Å². The Morgan fingerprint density at radius 2 is 2.00 bits per heavy atom. The van der Waals surface area contributed by atoms with E-state index < -0.39 is 18.8 Å². The highest BCUT2D eigenvalue weighted by molar-refractivity contribution is 5.79. The molecule has 0 fully saturated rings. The Hall–Kier alpha value is -2.38. The minimum Gasteiger partial charge on any atom is -0.347 e. The molecule has 25 heavy (non-hydrogen) atoms. The fourth-order valence-corrected chi connectivity index (χ4v) is 3.04. The van der Waals surface area contributed by atoms with Crippen LogP contribution in [0.4, 0.5) is 17.6 Å². The lowest BCUT2D eigenvalue weighted by atomic mass is 9.93. The summed E-state index contributed by atoms with van der Waals surface area (Å²) in [5.41, 5.74) is 1.91. The van der Waals surface area contributed by atoms with Crippen LogP contribution in [0.2, 0.25) is 0 Å². The monoisotopic (exact) mass is 355 g/mol. The van der Waals surface area contributed by atoms with Crippen LogP contribution >= 0.6 is 0 Å². The Morgan fingerprint density at radius 3 is 2.68 bits per heavy atom. The molecule has 1 aliphatic carbocycles. The molecule has 2 aromatic rings. The average molecular weight is 355 g/mol. The van der Waals surface area contributed by atoms with Gasteiger partial charge in [0.2, 0.25) is 5.91 Å². The summed E-state index contributed by atoms with van der Waals surface area (Å²) < 4.78 is 51.4. The summed E-state index contributed by atoms with van der Waals surface area (Å²) in [4.78, 5) is 12.2. The quantitative estimate of drug-likeness (QED) is 0.856. The topological polar surface area (TPSA) is 46.9 Å². The van der Waals surface area contributed by atoms with Crippen LogP contribution < -0.4 is 5.32 Å². The predicted octanol–water partition coefficient (Wildman–Crippen LogP) is 3.32. The number of halogens is 4. The summed E-state index contributed by atoms with van der Waals surface area (Å²) in [5.74, 6) is -0.647. The first-order valence-corrected chi connectivity index (χ1v) is 7.97. The summed E-state index contributed by atoms with van der Waals surface area (Å²) in [6.45, 7) is -1.14. The van der Waals surface area contributed by atoms with Gasteiger partial charge in [-0.25, -0.2) is 4.39 Å². The van der Waals surface area contributed by atoms with E-state index in [1.807, 2.05) is 0 Å². The maximum Gasteiger partial charge on any atom is 0.408 e. The number of hydrogen-bond donors (Lipinski definition) is 1. The van der Waals surface area contributed by atoms with Gasteiger partial charge in [-0.2, -0.15) is 18.3 Å². The molecule has 1 amide bonds. The molecule has 1 heterocycles. The second kappa shape index (κ2) is 6.85. The number of alkyl halides is 3. The largest absolute Gasteiger partial charge is 0.408 e. The number of benzene rings is 1. The number of aryl methyl sites for hydroxylation is 1. The molecule has 1 aromatic heterocycles. The molecular formula is C17H17F4N3O. The van der Waals surface area contributed by atoms with Gasteiger partial charge < -0.3 is 5.32 Å². The first-order valence-electron chi connectivity index (χ1n) is 7.97. The van der Waals surface area contributed by atoms with E-state index in [-0.39, 0.29) is 18.1 Å². The van der Waals surface area contributed by atoms with E-state index in [0.29, 0.717) is 24.1 Å². The van der Waals surface area contributed by atoms with Crippen molar-refractivity contribution in [2.24, 2.45) is 0 Å². The summed E-state index contributed by atoms with van der Waals surface area (Å²) >= 11 is 0. The van der Waals surface area contributed by atoms with Gasteiger partial charge in [0.15, 0.2) is 0 Å². The van der Waals surface area contributed by atoms with Crippen LogP contribution in [0.15, 0.2) is 30.5 Å². The predicted molar refractivity (Wildman–Crippen MR) is 82.2 cm³/mol. The Kier molecular flexibility index (Phi) is 4.78. The maximum atomic E-state index is 12.9. The maximum absolute atomic E-state index is 12.9. The van der Waals surface area contributed by atoms with Crippen LogP contribution in [0.1, 0.15) is 35.7 Å². The van der Waals surface area contributed by atoms with Crippen LogP contribution in [0, 0.1) is 5.82 Å². The van der Waals surface area contributed by atoms with Crippen molar-refractivity contribution in [3.05, 3.63) is 53.1 Å². The molecule has 0 bridgehead atoms. The molecule has 0 radical (unpaired) electrons. The zero-order valence-corrected chi connectivity index (χ0v) is 13.3. The number of amides is 1. The zero-order valence-electron chi connectivity index (χ0n) is 13.3. The number of aromatic nitrogens is 2. The molecule has 0 spiro atoms. The van der Waals surface area contributed by atoms with Crippen molar-refractivity contribution in [2.75, 3.05) is 0 Å². The molecule has 1 atom stereocenters. The van der Waals surface area contributed by atoms with Crippen molar-refractivity contribution in [1.29, 1.82) is 0 Å². The Morgan fingerprint density at radius 1 is 1.28 bits per heavy atom. The Labute approximate surface area is 141 Å². The Balaban J connectivity index is 1.68. The lowest BCUT2D eigenvalue weighted by molar-refractivity contribution is -0.142. The van der Waals surface area contributed by atoms with Crippen molar-refractivity contribution in [3.8, 4) is 0 Å². The number of hydrogen-bond acceptors (Lipinski definition) is 2. The minimum atomic E-state index is -4.34. The van der Waals surface area contributed by atoms with Gasteiger partial charge in [0, 0.05) is 6.20 Å². The number of fused-ring (bicyclic) bond motifs is 1. The normalized spacial score (nSPS) is 17.2. The Bertz CT molecular complexity index is 752. The third-order valence-electron chi connectivity index (χ3n) is 4.09. The van der Waals surface area contributed by atoms with Gasteiger partial charge in [0.25, 0.3) is 0 Å². The highest BCUT2D eigenvalue weighted by Crippen LogP contribution is 2.29. The van der Waals surface area contributed by atoms with Gasteiger partial charge in [-0.1, -0.05) is 12.1 Å². The number of rotatable bonds is 4. The summed E-state index contributed by atoms with van der Waals surface area (Å²) in [5, 5.41) is 6.85. The van der Waals surface area contributed by atoms with Crippen LogP contribution in [0.3, 0.4) is 0 Å². The highest BCUT2D eigenvalue weighted by Gasteiger charge is 2.31. The lowest BCUT2D eigenvalue weighted by Gasteiger charge is -2.22. The van der Waals surface area contributed by atoms with Gasteiger partial charge >= 0.3 is 6.18 Å². The molecule has 0 unspecified atom stereocenters. The second-order valence-electron chi connectivity index (χ2n) is 6.17. The van der Waals surface area contributed by atoms with Gasteiger partial charge in [-0.15, -0.1) is 0 Å². The lowest BCUT2D eigenvalue weighted by Crippen LogP contribution is -2.32. The molecule has 4 nitrogen and oxygen atoms in total. The van der Waals surface area contributed by atoms with Gasteiger partial charge in [0.05, 0.1) is 18.2 Å². The van der Waals surface area contributed by atoms with Gasteiger partial charge in [-0.3, -0.25) is 9.48 Å². The molecule has 134 valence electrons. The van der Waals surface area contributed by atoms with E-state index in [9.17, 15) is 22.4 Å². The van der Waals surface area contributed by atoms with E-state index in [0.717, 1.165) is 16.7 Å². The summed E-state index contributed by atoms with van der Waals surface area (Å²) in [6.07, 6.45) is -0.804. The van der Waals surface area contributed by atoms with E-state index in [2.05, 4.69) is 10.4 Å². The van der Waals surface area contributed by atoms with Gasteiger partial charge in [-0.05, 0) is 42.5 Å². The summed E-state index contributed by atoms with van der Waals surface area (Å²) in [6, 6.07) is 5.21. The molecule has 1 aliphatic rings. The van der Waals surface area contributed by atoms with Crippen LogP contribution in [-0.2, 0) is 24.2 Å². The van der Waals surface area contributed by atoms with Crippen molar-refractivity contribution in [3.63, 3.8) is 0 Å². The van der Waals surface area contributed by atoms with Crippen molar-refractivity contribution in [1.82, 2.24) is 15.1 Å². The number of nitrogens with one attached hydrogen (secondary N) is 1. The molecule has 0 saturated carbocycles. The molecule has 1 aromatic carbocycles. The minimum absolute atomic E-state index is 0.0787. The number of carbonyl (C=O) groups excluding carboxylic acids is 1. The number of carbonyl (C=O) groups is 1. The molecule has 8 heteroatoms. The number of nitrogens with zero attached hydrogens (tertiary/aromatic N) is 2. The summed E-state index contributed by atoms with van der Waals surface area (Å²) in [7, 11) is 0. The van der Waals surface area contributed by atoms with Crippen LogP contribution in [0.25, 0.3) is 0 Å². The first kappa shape index (κ1) is 17.4. The third-order valence-corrected chi connectivity index (χ3v) is 4.09. The van der Waals surface area contributed by atoms with E-state index in [1.54, 1.807) is 0 Å². The fraction of sp³-hybridized carbons (Fsp3) is 0.412. The molecule has 3 rings (SSSR count). The van der Waals surface area contributed by atoms with Crippen molar-refractivity contribution in [2.45, 2.75) is 44.4 Å². The van der Waals surface area contributed by atoms with E-state index in [1.165, 1.54) is 30.5 Å². The molecule has 0 aliphatic heterocycles. The van der Waals surface area contributed by atoms with Gasteiger partial charge in [0.1, 0.15) is 12.4 Å². The molecular weight excluding hydrogens is 338 g/mol. The van der Waals surface area contributed by atoms with Crippen molar-refractivity contribution >= 4 is 5.91 Å².